The Morgan fingerprint density at radius 1 is 0.885 bits per heavy atom. The molecule has 0 heterocycles. The van der Waals surface area contributed by atoms with Gasteiger partial charge in [-0.15, -0.1) is 0 Å². The lowest BCUT2D eigenvalue weighted by atomic mass is 10.2. The zero-order valence-electron chi connectivity index (χ0n) is 15.7. The van der Waals surface area contributed by atoms with Crippen LogP contribution in [0.2, 0.25) is 0 Å². The maximum Gasteiger partial charge on any atom is 0.226 e. The van der Waals surface area contributed by atoms with E-state index in [0.29, 0.717) is 6.54 Å². The second kappa shape index (κ2) is 9.61. The van der Waals surface area contributed by atoms with Crippen LogP contribution in [0.1, 0.15) is 27.2 Å². The molecule has 0 saturated heterocycles. The van der Waals surface area contributed by atoms with Gasteiger partial charge in [-0.1, -0.05) is 18.2 Å². The topological polar surface area (TPSA) is 52.6 Å². The van der Waals surface area contributed by atoms with Gasteiger partial charge in [0.15, 0.2) is 0 Å². The van der Waals surface area contributed by atoms with E-state index in [0.717, 1.165) is 30.2 Å². The van der Waals surface area contributed by atoms with E-state index in [1.54, 1.807) is 4.90 Å². The molecule has 2 aromatic rings. The Kier molecular flexibility index (Phi) is 7.21. The van der Waals surface area contributed by atoms with Gasteiger partial charge in [0.1, 0.15) is 0 Å². The Hall–Kier alpha value is -2.82. The zero-order chi connectivity index (χ0) is 18.9. The Balaban J connectivity index is 2.00. The van der Waals surface area contributed by atoms with Gasteiger partial charge in [-0.25, -0.2) is 0 Å². The number of hydrogen-bond donors (Lipinski definition) is 1. The van der Waals surface area contributed by atoms with Crippen LogP contribution in [0.25, 0.3) is 0 Å². The van der Waals surface area contributed by atoms with Crippen molar-refractivity contribution in [3.63, 3.8) is 0 Å². The molecule has 0 bridgehead atoms. The SMILES string of the molecule is CCN(CC)c1ccc(N(CCC(=O)Nc2ccccc2)C(C)=O)cc1. The average molecular weight is 353 g/mol. The van der Waals surface area contributed by atoms with Gasteiger partial charge < -0.3 is 15.1 Å². The minimum atomic E-state index is -0.109. The quantitative estimate of drug-likeness (QED) is 0.783. The summed E-state index contributed by atoms with van der Waals surface area (Å²) in [4.78, 5) is 28.0. The molecule has 2 rings (SSSR count). The van der Waals surface area contributed by atoms with Crippen LogP contribution in [0.4, 0.5) is 17.1 Å². The highest BCUT2D eigenvalue weighted by atomic mass is 16.2. The van der Waals surface area contributed by atoms with Gasteiger partial charge in [0.25, 0.3) is 0 Å². The predicted molar refractivity (Wildman–Crippen MR) is 108 cm³/mol. The van der Waals surface area contributed by atoms with Crippen LogP contribution in [0, 0.1) is 0 Å². The summed E-state index contributed by atoms with van der Waals surface area (Å²) in [6.07, 6.45) is 0.242. The van der Waals surface area contributed by atoms with Crippen molar-refractivity contribution in [3.8, 4) is 0 Å². The lowest BCUT2D eigenvalue weighted by Crippen LogP contribution is -2.32. The molecular weight excluding hydrogens is 326 g/mol. The van der Waals surface area contributed by atoms with E-state index in [1.165, 1.54) is 6.92 Å². The number of nitrogens with zero attached hydrogens (tertiary/aromatic N) is 2. The second-order valence-corrected chi connectivity index (χ2v) is 6.02. The number of carbonyl (C=O) groups excluding carboxylic acids is 2. The highest BCUT2D eigenvalue weighted by Crippen LogP contribution is 2.21. The molecule has 138 valence electrons. The molecule has 0 unspecified atom stereocenters. The molecule has 2 aromatic carbocycles. The molecule has 0 aliphatic carbocycles. The van der Waals surface area contributed by atoms with Gasteiger partial charge >= 0.3 is 0 Å². The van der Waals surface area contributed by atoms with E-state index in [9.17, 15) is 9.59 Å². The van der Waals surface area contributed by atoms with Crippen LogP contribution >= 0.6 is 0 Å². The van der Waals surface area contributed by atoms with E-state index >= 15 is 0 Å². The largest absolute Gasteiger partial charge is 0.372 e. The molecule has 0 aliphatic rings. The molecule has 0 atom stereocenters. The van der Waals surface area contributed by atoms with Crippen molar-refractivity contribution in [1.29, 1.82) is 0 Å². The fourth-order valence-corrected chi connectivity index (χ4v) is 2.86. The van der Waals surface area contributed by atoms with Crippen LogP contribution < -0.4 is 15.1 Å². The molecule has 1 N–H and O–H groups in total. The second-order valence-electron chi connectivity index (χ2n) is 6.02. The normalized spacial score (nSPS) is 10.3. The molecule has 0 aliphatic heterocycles. The zero-order valence-corrected chi connectivity index (χ0v) is 15.7. The number of rotatable bonds is 8. The van der Waals surface area contributed by atoms with Gasteiger partial charge in [0.05, 0.1) is 0 Å². The molecule has 0 aromatic heterocycles. The molecule has 0 radical (unpaired) electrons. The van der Waals surface area contributed by atoms with Crippen molar-refractivity contribution < 1.29 is 9.59 Å². The summed E-state index contributed by atoms with van der Waals surface area (Å²) in [5.41, 5.74) is 2.69. The molecular formula is C21H27N3O2. The van der Waals surface area contributed by atoms with Crippen LogP contribution in [-0.4, -0.2) is 31.4 Å². The first kappa shape index (κ1) is 19.5. The molecule has 2 amide bonds. The number of anilines is 3. The van der Waals surface area contributed by atoms with E-state index in [1.807, 2.05) is 54.6 Å². The van der Waals surface area contributed by atoms with Crippen molar-refractivity contribution in [2.24, 2.45) is 0 Å². The van der Waals surface area contributed by atoms with Crippen molar-refractivity contribution in [1.82, 2.24) is 0 Å². The Labute approximate surface area is 155 Å². The minimum absolute atomic E-state index is 0.0758. The Morgan fingerprint density at radius 2 is 1.46 bits per heavy atom. The van der Waals surface area contributed by atoms with Crippen LogP contribution in [-0.2, 0) is 9.59 Å². The first-order valence-electron chi connectivity index (χ1n) is 9.03. The van der Waals surface area contributed by atoms with Crippen LogP contribution in [0.15, 0.2) is 54.6 Å². The third-order valence-corrected chi connectivity index (χ3v) is 4.29. The van der Waals surface area contributed by atoms with Crippen molar-refractivity contribution in [2.45, 2.75) is 27.2 Å². The van der Waals surface area contributed by atoms with Crippen molar-refractivity contribution in [3.05, 3.63) is 54.6 Å². The summed E-state index contributed by atoms with van der Waals surface area (Å²) in [6.45, 7) is 7.97. The van der Waals surface area contributed by atoms with Gasteiger partial charge in [-0.2, -0.15) is 0 Å². The van der Waals surface area contributed by atoms with Gasteiger partial charge in [-0.3, -0.25) is 9.59 Å². The lowest BCUT2D eigenvalue weighted by molar-refractivity contribution is -0.117. The van der Waals surface area contributed by atoms with Gasteiger partial charge in [-0.05, 0) is 50.2 Å². The Bertz CT molecular complexity index is 710. The lowest BCUT2D eigenvalue weighted by Gasteiger charge is -2.24. The van der Waals surface area contributed by atoms with Crippen LogP contribution in [0.3, 0.4) is 0 Å². The molecule has 5 heteroatoms. The standard InChI is InChI=1S/C21H27N3O2/c1-4-23(5-2)19-11-13-20(14-12-19)24(17(3)25)16-15-21(26)22-18-9-7-6-8-10-18/h6-14H,4-5,15-16H2,1-3H3,(H,22,26). The summed E-state index contributed by atoms with van der Waals surface area (Å²) in [5.74, 6) is -0.185. The fourth-order valence-electron chi connectivity index (χ4n) is 2.86. The molecule has 0 spiro atoms. The summed E-state index contributed by atoms with van der Waals surface area (Å²) < 4.78 is 0. The van der Waals surface area contributed by atoms with E-state index in [2.05, 4.69) is 24.1 Å². The average Bonchev–Trinajstić information content (AvgIpc) is 2.64. The van der Waals surface area contributed by atoms with Crippen molar-refractivity contribution in [2.75, 3.05) is 34.8 Å². The number of carbonyl (C=O) groups is 2. The highest BCUT2D eigenvalue weighted by molar-refractivity contribution is 5.94. The monoisotopic (exact) mass is 353 g/mol. The van der Waals surface area contributed by atoms with Crippen molar-refractivity contribution >= 4 is 28.9 Å². The predicted octanol–water partition coefficient (Wildman–Crippen LogP) is 3.91. The number of amides is 2. The van der Waals surface area contributed by atoms with E-state index < -0.39 is 0 Å². The third-order valence-electron chi connectivity index (χ3n) is 4.29. The first-order chi connectivity index (χ1) is 12.5. The first-order valence-corrected chi connectivity index (χ1v) is 9.03. The van der Waals surface area contributed by atoms with E-state index in [-0.39, 0.29) is 18.2 Å². The molecule has 5 nitrogen and oxygen atoms in total. The maximum absolute atomic E-state index is 12.1. The Morgan fingerprint density at radius 3 is 2.00 bits per heavy atom. The number of hydrogen-bond acceptors (Lipinski definition) is 3. The molecule has 0 fully saturated rings. The maximum atomic E-state index is 12.1. The van der Waals surface area contributed by atoms with E-state index in [4.69, 9.17) is 0 Å². The van der Waals surface area contributed by atoms with Gasteiger partial charge in [0, 0.05) is 50.0 Å². The van der Waals surface area contributed by atoms with Crippen LogP contribution in [0.5, 0.6) is 0 Å². The number of benzene rings is 2. The number of nitrogens with one attached hydrogen (secondary N) is 1. The minimum Gasteiger partial charge on any atom is -0.372 e. The fraction of sp³-hybridized carbons (Fsp3) is 0.333. The molecule has 26 heavy (non-hydrogen) atoms. The molecule has 0 saturated carbocycles. The summed E-state index contributed by atoms with van der Waals surface area (Å²) >= 11 is 0. The summed E-state index contributed by atoms with van der Waals surface area (Å²) in [7, 11) is 0. The summed E-state index contributed by atoms with van der Waals surface area (Å²) in [6, 6.07) is 17.2. The number of para-hydroxylation sites is 1. The van der Waals surface area contributed by atoms with Gasteiger partial charge in [0.2, 0.25) is 11.8 Å². The summed E-state index contributed by atoms with van der Waals surface area (Å²) in [5, 5.41) is 2.84. The third kappa shape index (κ3) is 5.34. The smallest absolute Gasteiger partial charge is 0.226 e. The highest BCUT2D eigenvalue weighted by Gasteiger charge is 2.14.